The number of benzene rings is 1. The summed E-state index contributed by atoms with van der Waals surface area (Å²) in [4.78, 5) is 0.414. The van der Waals surface area contributed by atoms with Gasteiger partial charge in [-0.1, -0.05) is 34.1 Å². The van der Waals surface area contributed by atoms with Gasteiger partial charge in [0.05, 0.1) is 4.95 Å². The van der Waals surface area contributed by atoms with Gasteiger partial charge < -0.3 is 10.6 Å². The van der Waals surface area contributed by atoms with Crippen molar-refractivity contribution in [3.63, 3.8) is 0 Å². The highest BCUT2D eigenvalue weighted by atomic mass is 79.9. The summed E-state index contributed by atoms with van der Waals surface area (Å²) >= 11 is 3.71. The van der Waals surface area contributed by atoms with Gasteiger partial charge in [0.2, 0.25) is 0 Å². The van der Waals surface area contributed by atoms with Crippen molar-refractivity contribution in [3.05, 3.63) is 29.8 Å². The first-order valence-electron chi connectivity index (χ1n) is 5.09. The van der Waals surface area contributed by atoms with Crippen LogP contribution >= 0.6 is 15.9 Å². The first-order chi connectivity index (χ1) is 6.86. The van der Waals surface area contributed by atoms with Crippen molar-refractivity contribution >= 4 is 21.6 Å². The van der Waals surface area contributed by atoms with Gasteiger partial charge in [-0.15, -0.1) is 0 Å². The fraction of sp³-hybridized carbons (Fsp3) is 0.455. The SMILES string of the molecule is BrC1NCCC2Nc3ccccc3C12. The molecule has 3 unspecified atom stereocenters. The highest BCUT2D eigenvalue weighted by molar-refractivity contribution is 9.09. The summed E-state index contributed by atoms with van der Waals surface area (Å²) in [6.45, 7) is 1.10. The number of nitrogens with one attached hydrogen (secondary N) is 2. The van der Waals surface area contributed by atoms with Crippen LogP contribution in [0.4, 0.5) is 5.69 Å². The average molecular weight is 253 g/mol. The Morgan fingerprint density at radius 2 is 2.14 bits per heavy atom. The molecule has 0 aromatic heterocycles. The van der Waals surface area contributed by atoms with Crippen LogP contribution in [0.3, 0.4) is 0 Å². The standard InChI is InChI=1S/C11H13BrN2/c12-11-10-7-3-1-2-4-8(7)14-9(10)5-6-13-11/h1-4,9-11,13-14H,5-6H2. The molecule has 3 rings (SSSR count). The molecule has 3 atom stereocenters. The van der Waals surface area contributed by atoms with Crippen LogP contribution in [0.1, 0.15) is 17.9 Å². The molecular weight excluding hydrogens is 240 g/mol. The van der Waals surface area contributed by atoms with E-state index in [2.05, 4.69) is 50.8 Å². The molecule has 2 nitrogen and oxygen atoms in total. The van der Waals surface area contributed by atoms with Gasteiger partial charge in [0, 0.05) is 17.6 Å². The molecule has 1 fully saturated rings. The summed E-state index contributed by atoms with van der Waals surface area (Å²) in [5.74, 6) is 0.583. The van der Waals surface area contributed by atoms with Crippen LogP contribution in [-0.2, 0) is 0 Å². The van der Waals surface area contributed by atoms with Gasteiger partial charge >= 0.3 is 0 Å². The fourth-order valence-electron chi connectivity index (χ4n) is 2.54. The number of piperidine rings is 1. The molecule has 0 spiro atoms. The van der Waals surface area contributed by atoms with Gasteiger partial charge in [-0.05, 0) is 24.6 Å². The number of hydrogen-bond donors (Lipinski definition) is 2. The molecule has 0 radical (unpaired) electrons. The van der Waals surface area contributed by atoms with Crippen LogP contribution in [0.5, 0.6) is 0 Å². The second kappa shape index (κ2) is 3.24. The van der Waals surface area contributed by atoms with Crippen molar-refractivity contribution in [2.24, 2.45) is 0 Å². The summed E-state index contributed by atoms with van der Waals surface area (Å²) < 4.78 is 0. The van der Waals surface area contributed by atoms with Gasteiger partial charge in [0.1, 0.15) is 0 Å². The highest BCUT2D eigenvalue weighted by Gasteiger charge is 2.38. The topological polar surface area (TPSA) is 24.1 Å². The minimum Gasteiger partial charge on any atom is -0.381 e. The van der Waals surface area contributed by atoms with Crippen molar-refractivity contribution < 1.29 is 0 Å². The average Bonchev–Trinajstić information content (AvgIpc) is 2.57. The molecule has 0 aliphatic carbocycles. The Morgan fingerprint density at radius 3 is 3.07 bits per heavy atom. The zero-order valence-electron chi connectivity index (χ0n) is 7.83. The molecule has 14 heavy (non-hydrogen) atoms. The van der Waals surface area contributed by atoms with E-state index in [9.17, 15) is 0 Å². The van der Waals surface area contributed by atoms with Gasteiger partial charge in [-0.2, -0.15) is 0 Å². The quantitative estimate of drug-likeness (QED) is 0.547. The molecule has 1 aromatic carbocycles. The number of alkyl halides is 1. The molecule has 2 aliphatic heterocycles. The van der Waals surface area contributed by atoms with Crippen LogP contribution in [0.2, 0.25) is 0 Å². The molecule has 0 amide bonds. The second-order valence-corrected chi connectivity index (χ2v) is 4.99. The monoisotopic (exact) mass is 252 g/mol. The third kappa shape index (κ3) is 1.19. The number of hydrogen-bond acceptors (Lipinski definition) is 2. The van der Waals surface area contributed by atoms with Crippen molar-refractivity contribution in [3.8, 4) is 0 Å². The van der Waals surface area contributed by atoms with Crippen molar-refractivity contribution in [2.45, 2.75) is 23.3 Å². The predicted octanol–water partition coefficient (Wildman–Crippen LogP) is 2.28. The number of rotatable bonds is 0. The molecule has 1 saturated heterocycles. The van der Waals surface area contributed by atoms with Crippen molar-refractivity contribution in [1.82, 2.24) is 5.32 Å². The molecule has 2 heterocycles. The zero-order valence-corrected chi connectivity index (χ0v) is 9.42. The van der Waals surface area contributed by atoms with E-state index in [1.165, 1.54) is 17.7 Å². The lowest BCUT2D eigenvalue weighted by Crippen LogP contribution is -2.43. The van der Waals surface area contributed by atoms with Crippen molar-refractivity contribution in [1.29, 1.82) is 0 Å². The second-order valence-electron chi connectivity index (χ2n) is 4.01. The first kappa shape index (κ1) is 8.74. The van der Waals surface area contributed by atoms with E-state index in [0.717, 1.165) is 6.54 Å². The van der Waals surface area contributed by atoms with Crippen LogP contribution in [0, 0.1) is 0 Å². The van der Waals surface area contributed by atoms with Crippen LogP contribution in [0.15, 0.2) is 24.3 Å². The summed E-state index contributed by atoms with van der Waals surface area (Å²) in [5.41, 5.74) is 2.77. The summed E-state index contributed by atoms with van der Waals surface area (Å²) in [6, 6.07) is 9.23. The minimum atomic E-state index is 0.414. The van der Waals surface area contributed by atoms with E-state index in [1.807, 2.05) is 0 Å². The minimum absolute atomic E-state index is 0.414. The maximum Gasteiger partial charge on any atom is 0.0720 e. The molecule has 2 aliphatic rings. The van der Waals surface area contributed by atoms with E-state index < -0.39 is 0 Å². The summed E-state index contributed by atoms with van der Waals surface area (Å²) in [5, 5.41) is 7.07. The van der Waals surface area contributed by atoms with Gasteiger partial charge in [0.15, 0.2) is 0 Å². The third-order valence-corrected chi connectivity index (χ3v) is 4.10. The maximum atomic E-state index is 3.71. The molecule has 2 N–H and O–H groups in total. The largest absolute Gasteiger partial charge is 0.381 e. The third-order valence-electron chi connectivity index (χ3n) is 3.20. The van der Waals surface area contributed by atoms with E-state index in [4.69, 9.17) is 0 Å². The molecule has 0 saturated carbocycles. The van der Waals surface area contributed by atoms with E-state index in [-0.39, 0.29) is 0 Å². The Hall–Kier alpha value is -0.540. The molecule has 74 valence electrons. The number of anilines is 1. The first-order valence-corrected chi connectivity index (χ1v) is 6.01. The lowest BCUT2D eigenvalue weighted by molar-refractivity contribution is 0.420. The van der Waals surface area contributed by atoms with E-state index >= 15 is 0 Å². The summed E-state index contributed by atoms with van der Waals surface area (Å²) in [6.07, 6.45) is 1.21. The highest BCUT2D eigenvalue weighted by Crippen LogP contribution is 2.42. The molecule has 1 aromatic rings. The van der Waals surface area contributed by atoms with Gasteiger partial charge in [-0.25, -0.2) is 0 Å². The normalized spacial score (nSPS) is 34.5. The fourth-order valence-corrected chi connectivity index (χ4v) is 3.42. The Bertz CT molecular complexity index is 353. The lowest BCUT2D eigenvalue weighted by atomic mass is 9.90. The van der Waals surface area contributed by atoms with Crippen LogP contribution in [0.25, 0.3) is 0 Å². The Morgan fingerprint density at radius 1 is 1.29 bits per heavy atom. The van der Waals surface area contributed by atoms with Gasteiger partial charge in [-0.3, -0.25) is 0 Å². The molecular formula is C11H13BrN2. The summed E-state index contributed by atoms with van der Waals surface area (Å²) in [7, 11) is 0. The van der Waals surface area contributed by atoms with Crippen LogP contribution < -0.4 is 10.6 Å². The molecule has 0 bridgehead atoms. The Labute approximate surface area is 92.2 Å². The number of halogens is 1. The predicted molar refractivity (Wildman–Crippen MR) is 61.9 cm³/mol. The zero-order chi connectivity index (χ0) is 9.54. The van der Waals surface area contributed by atoms with Crippen molar-refractivity contribution in [2.75, 3.05) is 11.9 Å². The van der Waals surface area contributed by atoms with Gasteiger partial charge in [0.25, 0.3) is 0 Å². The molecule has 3 heteroatoms. The maximum absolute atomic E-state index is 3.71. The Kier molecular flexibility index (Phi) is 2.03. The number of fused-ring (bicyclic) bond motifs is 3. The smallest absolute Gasteiger partial charge is 0.0720 e. The van der Waals surface area contributed by atoms with Crippen LogP contribution in [-0.4, -0.2) is 17.5 Å². The van der Waals surface area contributed by atoms with E-state index in [0.29, 0.717) is 16.9 Å². The lowest BCUT2D eigenvalue weighted by Gasteiger charge is -2.31. The Balaban J connectivity index is 2.03. The number of para-hydroxylation sites is 1. The van der Waals surface area contributed by atoms with E-state index in [1.54, 1.807) is 0 Å².